The first-order valence-corrected chi connectivity index (χ1v) is 11.5. The number of nitrogens with one attached hydrogen (secondary N) is 1. The van der Waals surface area contributed by atoms with Gasteiger partial charge < -0.3 is 9.40 Å². The highest BCUT2D eigenvalue weighted by Crippen LogP contribution is 2.27. The highest BCUT2D eigenvalue weighted by atomic mass is 32.2. The molecule has 0 saturated carbocycles. The van der Waals surface area contributed by atoms with Crippen molar-refractivity contribution < 1.29 is 4.42 Å². The van der Waals surface area contributed by atoms with Crippen molar-refractivity contribution in [2.45, 2.75) is 30.8 Å². The van der Waals surface area contributed by atoms with Crippen molar-refractivity contribution >= 4 is 50.5 Å². The van der Waals surface area contributed by atoms with Crippen LogP contribution in [0.3, 0.4) is 0 Å². The molecule has 9 nitrogen and oxygen atoms in total. The van der Waals surface area contributed by atoms with Gasteiger partial charge in [0, 0.05) is 11.9 Å². The molecule has 33 heavy (non-hydrogen) atoms. The van der Waals surface area contributed by atoms with Crippen molar-refractivity contribution in [1.82, 2.24) is 29.1 Å². The van der Waals surface area contributed by atoms with E-state index in [1.54, 1.807) is 4.57 Å². The van der Waals surface area contributed by atoms with Crippen molar-refractivity contribution in [2.24, 2.45) is 0 Å². The summed E-state index contributed by atoms with van der Waals surface area (Å²) in [6.45, 7) is 2.57. The number of benzene rings is 2. The molecule has 0 aliphatic carbocycles. The molecule has 0 spiro atoms. The van der Waals surface area contributed by atoms with Crippen LogP contribution in [-0.2, 0) is 12.3 Å². The van der Waals surface area contributed by atoms with Gasteiger partial charge in [-0.2, -0.15) is 0 Å². The summed E-state index contributed by atoms with van der Waals surface area (Å²) in [7, 11) is 0. The van der Waals surface area contributed by atoms with Gasteiger partial charge in [-0.25, -0.2) is 4.98 Å². The fourth-order valence-corrected chi connectivity index (χ4v) is 4.91. The predicted molar refractivity (Wildman–Crippen MR) is 127 cm³/mol. The van der Waals surface area contributed by atoms with Crippen LogP contribution in [0.2, 0.25) is 0 Å². The van der Waals surface area contributed by atoms with E-state index in [1.165, 1.54) is 11.8 Å². The quantitative estimate of drug-likeness (QED) is 0.392. The molecule has 0 unspecified atom stereocenters. The molecule has 0 radical (unpaired) electrons. The number of aryl methyl sites for hydroxylation is 1. The van der Waals surface area contributed by atoms with Crippen molar-refractivity contribution in [1.29, 1.82) is 0 Å². The number of hydrogen-bond acceptors (Lipinski definition) is 7. The summed E-state index contributed by atoms with van der Waals surface area (Å²) in [4.78, 5) is 33.0. The monoisotopic (exact) mass is 458 g/mol. The molecule has 0 fully saturated rings. The van der Waals surface area contributed by atoms with E-state index in [1.807, 2.05) is 59.9 Å². The average Bonchev–Trinajstić information content (AvgIpc) is 3.43. The summed E-state index contributed by atoms with van der Waals surface area (Å²) >= 11 is 1.39. The average molecular weight is 459 g/mol. The number of fused-ring (bicyclic) bond motifs is 6. The van der Waals surface area contributed by atoms with Gasteiger partial charge in [0.2, 0.25) is 11.4 Å². The Bertz CT molecular complexity index is 1800. The Morgan fingerprint density at radius 2 is 1.82 bits per heavy atom. The summed E-state index contributed by atoms with van der Waals surface area (Å²) < 4.78 is 9.22. The van der Waals surface area contributed by atoms with Crippen molar-refractivity contribution in [3.05, 3.63) is 75.1 Å². The minimum absolute atomic E-state index is 0.0767. The number of thioether (sulfide) groups is 1. The summed E-state index contributed by atoms with van der Waals surface area (Å²) in [6.07, 6.45) is 0.799. The Morgan fingerprint density at radius 1 is 1.03 bits per heavy atom. The second-order valence-corrected chi connectivity index (χ2v) is 8.61. The maximum atomic E-state index is 13.0. The number of aromatic amines is 1. The number of furan rings is 1. The summed E-state index contributed by atoms with van der Waals surface area (Å²) in [5.41, 5.74) is 1.73. The van der Waals surface area contributed by atoms with Gasteiger partial charge in [-0.15, -0.1) is 10.2 Å². The SMILES string of the molecule is CCCn1c(=O)c2ccccc2n2c(SCc3nc4c(oc5ccccc54)c(=O)[nH]3)nnc12. The first kappa shape index (κ1) is 19.7. The zero-order valence-electron chi connectivity index (χ0n) is 17.6. The molecular weight excluding hydrogens is 440 g/mol. The number of aromatic nitrogens is 6. The highest BCUT2D eigenvalue weighted by Gasteiger charge is 2.18. The van der Waals surface area contributed by atoms with E-state index in [-0.39, 0.29) is 16.7 Å². The Kier molecular flexibility index (Phi) is 4.54. The molecule has 0 bridgehead atoms. The molecule has 4 aromatic heterocycles. The van der Waals surface area contributed by atoms with E-state index in [0.29, 0.717) is 45.5 Å². The molecule has 6 rings (SSSR count). The zero-order chi connectivity index (χ0) is 22.5. The number of hydrogen-bond donors (Lipinski definition) is 1. The smallest absolute Gasteiger partial charge is 0.294 e. The zero-order valence-corrected chi connectivity index (χ0v) is 18.4. The van der Waals surface area contributed by atoms with Crippen LogP contribution in [0.1, 0.15) is 19.2 Å². The topological polar surface area (TPSA) is 111 Å². The molecule has 4 heterocycles. The standard InChI is InChI=1S/C23H18N6O3S/c1-2-11-28-21(31)13-7-3-5-9-15(13)29-22(28)26-27-23(29)33-12-17-24-18-14-8-4-6-10-16(14)32-19(18)20(30)25-17/h3-10H,2,11-12H2,1H3,(H,24,25,30). The lowest BCUT2D eigenvalue weighted by atomic mass is 10.2. The van der Waals surface area contributed by atoms with Crippen LogP contribution in [0.15, 0.2) is 67.7 Å². The Labute approximate surface area is 190 Å². The van der Waals surface area contributed by atoms with E-state index >= 15 is 0 Å². The van der Waals surface area contributed by atoms with Gasteiger partial charge in [0.05, 0.1) is 16.7 Å². The molecule has 164 valence electrons. The van der Waals surface area contributed by atoms with Crippen LogP contribution in [-0.4, -0.2) is 29.1 Å². The summed E-state index contributed by atoms with van der Waals surface area (Å²) in [5.74, 6) is 1.37. The second-order valence-electron chi connectivity index (χ2n) is 7.67. The van der Waals surface area contributed by atoms with Gasteiger partial charge in [0.25, 0.3) is 11.1 Å². The highest BCUT2D eigenvalue weighted by molar-refractivity contribution is 7.98. The maximum Gasteiger partial charge on any atom is 0.294 e. The molecule has 0 saturated heterocycles. The molecule has 0 atom stereocenters. The third-order valence-electron chi connectivity index (χ3n) is 5.54. The molecular formula is C23H18N6O3S. The van der Waals surface area contributed by atoms with Gasteiger partial charge in [-0.1, -0.05) is 43.0 Å². The minimum Gasteiger partial charge on any atom is -0.449 e. The largest absolute Gasteiger partial charge is 0.449 e. The Morgan fingerprint density at radius 3 is 2.67 bits per heavy atom. The van der Waals surface area contributed by atoms with Crippen LogP contribution in [0.4, 0.5) is 0 Å². The van der Waals surface area contributed by atoms with Crippen molar-refractivity contribution in [2.75, 3.05) is 0 Å². The van der Waals surface area contributed by atoms with Crippen LogP contribution in [0.25, 0.3) is 38.7 Å². The Hall–Kier alpha value is -3.92. The lowest BCUT2D eigenvalue weighted by Crippen LogP contribution is -2.23. The molecule has 0 amide bonds. The molecule has 0 aliphatic heterocycles. The third kappa shape index (κ3) is 3.05. The van der Waals surface area contributed by atoms with Crippen LogP contribution in [0, 0.1) is 0 Å². The first-order valence-electron chi connectivity index (χ1n) is 10.6. The molecule has 6 aromatic rings. The number of rotatable bonds is 5. The molecule has 2 aromatic carbocycles. The summed E-state index contributed by atoms with van der Waals surface area (Å²) in [6, 6.07) is 14.9. The van der Waals surface area contributed by atoms with E-state index in [2.05, 4.69) is 20.2 Å². The van der Waals surface area contributed by atoms with Gasteiger partial charge in [0.1, 0.15) is 16.9 Å². The lowest BCUT2D eigenvalue weighted by Gasteiger charge is -2.10. The van der Waals surface area contributed by atoms with Crippen LogP contribution < -0.4 is 11.1 Å². The fraction of sp³-hybridized carbons (Fsp3) is 0.174. The maximum absolute atomic E-state index is 13.0. The van der Waals surface area contributed by atoms with E-state index < -0.39 is 0 Å². The van der Waals surface area contributed by atoms with E-state index in [0.717, 1.165) is 17.3 Å². The number of H-pyrrole nitrogens is 1. The Balaban J connectivity index is 1.45. The normalized spacial score (nSPS) is 11.9. The van der Waals surface area contributed by atoms with Crippen LogP contribution >= 0.6 is 11.8 Å². The molecule has 1 N–H and O–H groups in total. The van der Waals surface area contributed by atoms with Gasteiger partial charge in [-0.3, -0.25) is 18.6 Å². The van der Waals surface area contributed by atoms with Gasteiger partial charge in [-0.05, 0) is 30.7 Å². The van der Waals surface area contributed by atoms with Gasteiger partial charge >= 0.3 is 0 Å². The first-order chi connectivity index (χ1) is 16.2. The van der Waals surface area contributed by atoms with E-state index in [4.69, 9.17) is 4.42 Å². The minimum atomic E-state index is -0.319. The number of para-hydroxylation sites is 2. The fourth-order valence-electron chi connectivity index (χ4n) is 4.10. The van der Waals surface area contributed by atoms with Crippen molar-refractivity contribution in [3.8, 4) is 0 Å². The van der Waals surface area contributed by atoms with Crippen LogP contribution in [0.5, 0.6) is 0 Å². The predicted octanol–water partition coefficient (Wildman–Crippen LogP) is 3.73. The summed E-state index contributed by atoms with van der Waals surface area (Å²) in [5, 5.41) is 10.7. The second kappa shape index (κ2) is 7.59. The van der Waals surface area contributed by atoms with E-state index in [9.17, 15) is 9.59 Å². The number of nitrogens with zero attached hydrogens (tertiary/aromatic N) is 5. The third-order valence-corrected chi connectivity index (χ3v) is 6.48. The lowest BCUT2D eigenvalue weighted by molar-refractivity contribution is 0.660. The van der Waals surface area contributed by atoms with Crippen molar-refractivity contribution in [3.63, 3.8) is 0 Å². The molecule has 10 heteroatoms. The molecule has 0 aliphatic rings. The van der Waals surface area contributed by atoms with Gasteiger partial charge in [0.15, 0.2) is 5.16 Å².